The number of rotatable bonds is 13. The number of carbonyl (C=O) groups excluding carboxylic acids is 3. The molecular formula is C26H32N2O8. The second-order valence-corrected chi connectivity index (χ2v) is 7.92. The Balaban J connectivity index is 2.09. The predicted molar refractivity (Wildman–Crippen MR) is 131 cm³/mol. The van der Waals surface area contributed by atoms with E-state index in [2.05, 4.69) is 16.9 Å². The zero-order chi connectivity index (χ0) is 26.7. The number of nitrogens with zero attached hydrogens (tertiary/aromatic N) is 1. The highest BCUT2D eigenvalue weighted by atomic mass is 16.7. The van der Waals surface area contributed by atoms with Crippen molar-refractivity contribution in [2.75, 3.05) is 13.9 Å². The summed E-state index contributed by atoms with van der Waals surface area (Å²) in [5, 5.41) is 2.54. The number of carbonyl (C=O) groups is 3. The number of amides is 1. The van der Waals surface area contributed by atoms with E-state index in [1.54, 1.807) is 13.0 Å². The molecule has 1 aromatic carbocycles. The van der Waals surface area contributed by atoms with Gasteiger partial charge in [0.2, 0.25) is 6.79 Å². The molecule has 0 aliphatic heterocycles. The molecule has 0 bridgehead atoms. The van der Waals surface area contributed by atoms with Gasteiger partial charge in [0.1, 0.15) is 24.0 Å². The number of hydrogen-bond acceptors (Lipinski definition) is 9. The minimum Gasteiger partial charge on any atom is -0.493 e. The Morgan fingerprint density at radius 1 is 1.11 bits per heavy atom. The molecule has 0 saturated heterocycles. The van der Waals surface area contributed by atoms with Crippen LogP contribution < -0.4 is 19.5 Å². The molecule has 4 atom stereocenters. The Morgan fingerprint density at radius 3 is 2.42 bits per heavy atom. The third-order valence-electron chi connectivity index (χ3n) is 5.14. The number of para-hydroxylation sites is 1. The summed E-state index contributed by atoms with van der Waals surface area (Å²) in [6, 6.07) is 9.63. The zero-order valence-corrected chi connectivity index (χ0v) is 21.1. The molecule has 0 unspecified atom stereocenters. The maximum Gasteiger partial charge on any atom is 0.328 e. The molecule has 0 aliphatic carbocycles. The molecule has 10 heteroatoms. The minimum absolute atomic E-state index is 0.0381. The van der Waals surface area contributed by atoms with E-state index >= 15 is 0 Å². The maximum absolute atomic E-state index is 12.9. The van der Waals surface area contributed by atoms with Gasteiger partial charge in [-0.2, -0.15) is 0 Å². The number of nitrogens with one attached hydrogen (secondary N) is 1. The fraction of sp³-hybridized carbons (Fsp3) is 0.385. The van der Waals surface area contributed by atoms with Crippen LogP contribution in [0.2, 0.25) is 0 Å². The van der Waals surface area contributed by atoms with Crippen molar-refractivity contribution in [2.45, 2.75) is 45.9 Å². The summed E-state index contributed by atoms with van der Waals surface area (Å²) in [4.78, 5) is 40.7. The highest BCUT2D eigenvalue weighted by Gasteiger charge is 2.30. The summed E-state index contributed by atoms with van der Waals surface area (Å²) in [5.74, 6) is -1.27. The number of aromatic nitrogens is 1. The SMILES string of the molecule is C=C[C@H](C)[C@@H](Oc1ccccc1)[C@H](C)OC(=O)[C@H](C)NC(=O)c1nccc(OC)c1OCOC(C)=O. The first-order chi connectivity index (χ1) is 17.2. The minimum atomic E-state index is -1.02. The molecule has 0 aliphatic rings. The summed E-state index contributed by atoms with van der Waals surface area (Å²) in [6.07, 6.45) is 1.91. The standard InChI is InChI=1S/C26H32N2O8/c1-7-16(2)23(36-20-11-9-8-10-12-20)18(4)35-26(31)17(3)28-25(30)22-24(34-15-33-19(5)29)21(32-6)13-14-27-22/h7-14,16-18,23H,1,15H2,2-6H3,(H,28,30)/t16-,17-,18-,23+/m0/s1. The fourth-order valence-electron chi connectivity index (χ4n) is 3.16. The Morgan fingerprint density at radius 2 is 1.81 bits per heavy atom. The van der Waals surface area contributed by atoms with Crippen LogP contribution in [0.3, 0.4) is 0 Å². The Kier molecular flexibility index (Phi) is 10.7. The Labute approximate surface area is 210 Å². The van der Waals surface area contributed by atoms with E-state index in [-0.39, 0.29) is 23.1 Å². The van der Waals surface area contributed by atoms with Gasteiger partial charge in [0, 0.05) is 25.1 Å². The van der Waals surface area contributed by atoms with Gasteiger partial charge in [-0.25, -0.2) is 9.78 Å². The number of methoxy groups -OCH3 is 1. The molecule has 1 heterocycles. The van der Waals surface area contributed by atoms with Crippen LogP contribution in [0.15, 0.2) is 55.3 Å². The lowest BCUT2D eigenvalue weighted by Gasteiger charge is -2.29. The molecule has 2 rings (SSSR count). The molecule has 2 aromatic rings. The molecule has 1 N–H and O–H groups in total. The van der Waals surface area contributed by atoms with E-state index in [1.807, 2.05) is 37.3 Å². The molecular weight excluding hydrogens is 468 g/mol. The van der Waals surface area contributed by atoms with Crippen molar-refractivity contribution in [1.29, 1.82) is 0 Å². The Bertz CT molecular complexity index is 1040. The van der Waals surface area contributed by atoms with Crippen LogP contribution in [0.1, 0.15) is 38.2 Å². The maximum atomic E-state index is 12.9. The highest BCUT2D eigenvalue weighted by molar-refractivity contribution is 5.98. The number of hydrogen-bond donors (Lipinski definition) is 1. The molecule has 36 heavy (non-hydrogen) atoms. The molecule has 0 fully saturated rings. The topological polar surface area (TPSA) is 122 Å². The van der Waals surface area contributed by atoms with E-state index in [4.69, 9.17) is 23.7 Å². The summed E-state index contributed by atoms with van der Waals surface area (Å²) in [5.41, 5.74) is -0.153. The number of pyridine rings is 1. The van der Waals surface area contributed by atoms with Gasteiger partial charge in [-0.05, 0) is 26.0 Å². The fourth-order valence-corrected chi connectivity index (χ4v) is 3.16. The quantitative estimate of drug-likeness (QED) is 0.251. The monoisotopic (exact) mass is 500 g/mol. The number of ether oxygens (including phenoxy) is 5. The molecule has 0 spiro atoms. The highest BCUT2D eigenvalue weighted by Crippen LogP contribution is 2.29. The van der Waals surface area contributed by atoms with E-state index in [9.17, 15) is 14.4 Å². The second-order valence-electron chi connectivity index (χ2n) is 7.92. The van der Waals surface area contributed by atoms with Gasteiger partial charge in [0.15, 0.2) is 17.2 Å². The zero-order valence-electron chi connectivity index (χ0n) is 21.1. The summed E-state index contributed by atoms with van der Waals surface area (Å²) >= 11 is 0. The molecule has 10 nitrogen and oxygen atoms in total. The van der Waals surface area contributed by atoms with Crippen LogP contribution >= 0.6 is 0 Å². The van der Waals surface area contributed by atoms with Crippen molar-refractivity contribution in [2.24, 2.45) is 5.92 Å². The van der Waals surface area contributed by atoms with Crippen molar-refractivity contribution in [1.82, 2.24) is 10.3 Å². The van der Waals surface area contributed by atoms with Gasteiger partial charge in [-0.15, -0.1) is 6.58 Å². The number of benzene rings is 1. The third-order valence-corrected chi connectivity index (χ3v) is 5.14. The van der Waals surface area contributed by atoms with Crippen LogP contribution in [-0.2, 0) is 19.1 Å². The predicted octanol–water partition coefficient (Wildman–Crippen LogP) is 3.31. The van der Waals surface area contributed by atoms with E-state index in [1.165, 1.54) is 33.2 Å². The lowest BCUT2D eigenvalue weighted by atomic mass is 10.0. The van der Waals surface area contributed by atoms with E-state index < -0.39 is 42.9 Å². The average Bonchev–Trinajstić information content (AvgIpc) is 2.86. The smallest absolute Gasteiger partial charge is 0.328 e. The molecule has 0 radical (unpaired) electrons. The van der Waals surface area contributed by atoms with Crippen LogP contribution in [-0.4, -0.2) is 55.0 Å². The third kappa shape index (κ3) is 8.00. The largest absolute Gasteiger partial charge is 0.493 e. The van der Waals surface area contributed by atoms with Crippen LogP contribution in [0.4, 0.5) is 0 Å². The summed E-state index contributed by atoms with van der Waals surface area (Å²) in [7, 11) is 1.38. The van der Waals surface area contributed by atoms with Crippen molar-refractivity contribution < 1.29 is 38.1 Å². The molecule has 1 aromatic heterocycles. The molecule has 194 valence electrons. The second kappa shape index (κ2) is 13.7. The van der Waals surface area contributed by atoms with Crippen LogP contribution in [0.25, 0.3) is 0 Å². The van der Waals surface area contributed by atoms with Crippen molar-refractivity contribution in [3.05, 3.63) is 60.9 Å². The molecule has 1 amide bonds. The van der Waals surface area contributed by atoms with Gasteiger partial charge in [-0.3, -0.25) is 9.59 Å². The first kappa shape index (κ1) is 28.2. The van der Waals surface area contributed by atoms with Gasteiger partial charge < -0.3 is 29.0 Å². The Hall–Kier alpha value is -4.08. The number of esters is 2. The normalized spacial score (nSPS) is 13.8. The lowest BCUT2D eigenvalue weighted by Crippen LogP contribution is -2.44. The summed E-state index contributed by atoms with van der Waals surface area (Å²) < 4.78 is 27.0. The van der Waals surface area contributed by atoms with Gasteiger partial charge >= 0.3 is 11.9 Å². The van der Waals surface area contributed by atoms with Crippen molar-refractivity contribution in [3.63, 3.8) is 0 Å². The average molecular weight is 501 g/mol. The van der Waals surface area contributed by atoms with Crippen molar-refractivity contribution in [3.8, 4) is 17.2 Å². The first-order valence-corrected chi connectivity index (χ1v) is 11.3. The van der Waals surface area contributed by atoms with Crippen LogP contribution in [0, 0.1) is 5.92 Å². The van der Waals surface area contributed by atoms with Gasteiger partial charge in [0.25, 0.3) is 5.91 Å². The van der Waals surface area contributed by atoms with Crippen LogP contribution in [0.5, 0.6) is 17.2 Å². The van der Waals surface area contributed by atoms with E-state index in [0.717, 1.165) is 0 Å². The first-order valence-electron chi connectivity index (χ1n) is 11.3. The molecule has 0 saturated carbocycles. The lowest BCUT2D eigenvalue weighted by molar-refractivity contribution is -0.155. The van der Waals surface area contributed by atoms with Crippen molar-refractivity contribution >= 4 is 17.8 Å². The van der Waals surface area contributed by atoms with E-state index in [0.29, 0.717) is 5.75 Å². The summed E-state index contributed by atoms with van der Waals surface area (Å²) in [6.45, 7) is 9.68. The van der Waals surface area contributed by atoms with Gasteiger partial charge in [-0.1, -0.05) is 31.2 Å². The van der Waals surface area contributed by atoms with Gasteiger partial charge in [0.05, 0.1) is 7.11 Å².